The molecule has 4 atom stereocenters. The van der Waals surface area contributed by atoms with Gasteiger partial charge in [0.2, 0.25) is 0 Å². The van der Waals surface area contributed by atoms with Gasteiger partial charge in [-0.1, -0.05) is 37.3 Å². The van der Waals surface area contributed by atoms with E-state index < -0.39 is 0 Å². The highest BCUT2D eigenvalue weighted by Crippen LogP contribution is 2.11. The van der Waals surface area contributed by atoms with Crippen LogP contribution in [0.15, 0.2) is 30.3 Å². The van der Waals surface area contributed by atoms with Gasteiger partial charge >= 0.3 is 0 Å². The quantitative estimate of drug-likeness (QED) is 0.759. The van der Waals surface area contributed by atoms with Crippen LogP contribution in [0.1, 0.15) is 25.8 Å². The fourth-order valence-electron chi connectivity index (χ4n) is 2.62. The molecule has 0 spiro atoms. The van der Waals surface area contributed by atoms with E-state index in [4.69, 9.17) is 0 Å². The Bertz CT molecular complexity index is 325. The van der Waals surface area contributed by atoms with Crippen LogP contribution in [0.5, 0.6) is 0 Å². The minimum absolute atomic E-state index is 0.102. The predicted molar refractivity (Wildman–Crippen MR) is 65.2 cm³/mol. The molecule has 1 heterocycles. The van der Waals surface area contributed by atoms with E-state index in [1.165, 1.54) is 5.56 Å². The maximum atomic E-state index is 9.82. The normalized spacial score (nSPS) is 34.9. The van der Waals surface area contributed by atoms with E-state index >= 15 is 0 Å². The number of aliphatic hydroxyl groups excluding tert-OH is 1. The lowest BCUT2D eigenvalue weighted by molar-refractivity contribution is -0.946. The molecule has 16 heavy (non-hydrogen) atoms. The van der Waals surface area contributed by atoms with Gasteiger partial charge in [-0.05, 0) is 6.92 Å². The van der Waals surface area contributed by atoms with Crippen molar-refractivity contribution in [2.75, 3.05) is 6.54 Å². The zero-order chi connectivity index (χ0) is 11.5. The van der Waals surface area contributed by atoms with Crippen molar-refractivity contribution in [1.82, 2.24) is 0 Å². The van der Waals surface area contributed by atoms with Gasteiger partial charge in [0.1, 0.15) is 6.54 Å². The second-order valence-electron chi connectivity index (χ2n) is 5.21. The summed E-state index contributed by atoms with van der Waals surface area (Å²) in [6.07, 6.45) is 0.832. The average Bonchev–Trinajstić information content (AvgIpc) is 2.27. The van der Waals surface area contributed by atoms with Crippen LogP contribution in [0.25, 0.3) is 0 Å². The number of quaternary nitrogens is 1. The fourth-order valence-corrected chi connectivity index (χ4v) is 2.62. The maximum absolute atomic E-state index is 9.82. The van der Waals surface area contributed by atoms with Gasteiger partial charge < -0.3 is 10.0 Å². The summed E-state index contributed by atoms with van der Waals surface area (Å²) in [5.74, 6) is 0.426. The third kappa shape index (κ3) is 2.63. The Kier molecular flexibility index (Phi) is 3.62. The minimum Gasteiger partial charge on any atom is -0.392 e. The summed E-state index contributed by atoms with van der Waals surface area (Å²) in [6, 6.07) is 11.2. The van der Waals surface area contributed by atoms with Gasteiger partial charge in [-0.25, -0.2) is 0 Å². The summed E-state index contributed by atoms with van der Waals surface area (Å²) in [5, 5.41) is 9.82. The van der Waals surface area contributed by atoms with Crippen LogP contribution in [-0.2, 0) is 6.54 Å². The monoisotopic (exact) mass is 220 g/mol. The van der Waals surface area contributed by atoms with Gasteiger partial charge in [0, 0.05) is 17.9 Å². The Morgan fingerprint density at radius 1 is 1.25 bits per heavy atom. The van der Waals surface area contributed by atoms with Crippen molar-refractivity contribution >= 4 is 0 Å². The number of nitrogens with one attached hydrogen (secondary N) is 1. The molecule has 0 amide bonds. The molecule has 88 valence electrons. The van der Waals surface area contributed by atoms with Crippen molar-refractivity contribution in [2.24, 2.45) is 5.92 Å². The lowest BCUT2D eigenvalue weighted by atomic mass is 9.91. The van der Waals surface area contributed by atoms with Crippen LogP contribution in [-0.4, -0.2) is 23.8 Å². The largest absolute Gasteiger partial charge is 0.392 e. The fraction of sp³-hybridized carbons (Fsp3) is 0.571. The second kappa shape index (κ2) is 4.98. The molecule has 0 radical (unpaired) electrons. The third-order valence-electron chi connectivity index (χ3n) is 3.81. The molecule has 0 aliphatic carbocycles. The van der Waals surface area contributed by atoms with E-state index in [1.807, 2.05) is 0 Å². The summed E-state index contributed by atoms with van der Waals surface area (Å²) < 4.78 is 0. The molecule has 0 aromatic heterocycles. The molecular weight excluding hydrogens is 198 g/mol. The van der Waals surface area contributed by atoms with Crippen LogP contribution in [0.3, 0.4) is 0 Å². The first kappa shape index (κ1) is 11.6. The van der Waals surface area contributed by atoms with Crippen molar-refractivity contribution in [1.29, 1.82) is 0 Å². The van der Waals surface area contributed by atoms with Crippen molar-refractivity contribution < 1.29 is 10.0 Å². The molecular formula is C14H22NO+. The Hall–Kier alpha value is -0.860. The topological polar surface area (TPSA) is 24.7 Å². The number of hydrogen-bond donors (Lipinski definition) is 2. The van der Waals surface area contributed by atoms with Crippen LogP contribution in [0.4, 0.5) is 0 Å². The standard InChI is InChI=1S/C14H21NO/c1-11-9-15(12(2)8-14(11)16)10-13-6-4-3-5-7-13/h3-7,11-12,14,16H,8-10H2,1-2H3/p+1/t11-,12-,14-/m1/s1. The highest BCUT2D eigenvalue weighted by atomic mass is 16.3. The van der Waals surface area contributed by atoms with Gasteiger partial charge in [0.25, 0.3) is 0 Å². The molecule has 1 aliphatic rings. The van der Waals surface area contributed by atoms with Crippen molar-refractivity contribution in [3.8, 4) is 0 Å². The zero-order valence-corrected chi connectivity index (χ0v) is 10.2. The molecule has 1 aromatic carbocycles. The molecule has 1 fully saturated rings. The van der Waals surface area contributed by atoms with E-state index in [0.717, 1.165) is 19.5 Å². The predicted octanol–water partition coefficient (Wildman–Crippen LogP) is 0.861. The molecule has 2 heteroatoms. The highest BCUT2D eigenvalue weighted by molar-refractivity contribution is 5.13. The summed E-state index contributed by atoms with van der Waals surface area (Å²) in [6.45, 7) is 6.56. The van der Waals surface area contributed by atoms with Crippen molar-refractivity contribution in [2.45, 2.75) is 39.0 Å². The summed E-state index contributed by atoms with van der Waals surface area (Å²) in [4.78, 5) is 1.60. The van der Waals surface area contributed by atoms with E-state index in [2.05, 4.69) is 44.2 Å². The van der Waals surface area contributed by atoms with E-state index in [0.29, 0.717) is 12.0 Å². The highest BCUT2D eigenvalue weighted by Gasteiger charge is 2.32. The minimum atomic E-state index is -0.102. The van der Waals surface area contributed by atoms with Gasteiger partial charge in [-0.3, -0.25) is 0 Å². The van der Waals surface area contributed by atoms with E-state index in [-0.39, 0.29) is 6.10 Å². The number of hydrogen-bond acceptors (Lipinski definition) is 1. The van der Waals surface area contributed by atoms with Crippen LogP contribution >= 0.6 is 0 Å². The van der Waals surface area contributed by atoms with Gasteiger partial charge in [0.15, 0.2) is 0 Å². The van der Waals surface area contributed by atoms with Crippen molar-refractivity contribution in [3.63, 3.8) is 0 Å². The third-order valence-corrected chi connectivity index (χ3v) is 3.81. The molecule has 2 rings (SSSR count). The zero-order valence-electron chi connectivity index (χ0n) is 10.2. The summed E-state index contributed by atoms with van der Waals surface area (Å²) in [7, 11) is 0. The van der Waals surface area contributed by atoms with Gasteiger partial charge in [0.05, 0.1) is 18.7 Å². The first-order chi connectivity index (χ1) is 7.66. The number of piperidine rings is 1. The lowest BCUT2D eigenvalue weighted by Gasteiger charge is -2.36. The Labute approximate surface area is 97.9 Å². The molecule has 1 aliphatic heterocycles. The Morgan fingerprint density at radius 3 is 2.62 bits per heavy atom. The smallest absolute Gasteiger partial charge is 0.103 e. The lowest BCUT2D eigenvalue weighted by Crippen LogP contribution is -3.16. The number of benzene rings is 1. The molecule has 0 bridgehead atoms. The summed E-state index contributed by atoms with van der Waals surface area (Å²) >= 11 is 0. The molecule has 2 nitrogen and oxygen atoms in total. The van der Waals surface area contributed by atoms with E-state index in [9.17, 15) is 5.11 Å². The molecule has 1 aromatic rings. The number of likely N-dealkylation sites (tertiary alicyclic amines) is 1. The molecule has 2 N–H and O–H groups in total. The Balaban J connectivity index is 2.00. The SMILES string of the molecule is C[C@@H]1C[NH+](Cc2ccccc2)[C@H](C)C[C@H]1O. The Morgan fingerprint density at radius 2 is 1.94 bits per heavy atom. The first-order valence-electron chi connectivity index (χ1n) is 6.23. The van der Waals surface area contributed by atoms with E-state index in [1.54, 1.807) is 4.90 Å². The average molecular weight is 220 g/mol. The second-order valence-corrected chi connectivity index (χ2v) is 5.21. The van der Waals surface area contributed by atoms with Crippen molar-refractivity contribution in [3.05, 3.63) is 35.9 Å². The first-order valence-corrected chi connectivity index (χ1v) is 6.23. The van der Waals surface area contributed by atoms with Crippen LogP contribution in [0.2, 0.25) is 0 Å². The number of aliphatic hydroxyl groups is 1. The maximum Gasteiger partial charge on any atom is 0.103 e. The number of rotatable bonds is 2. The van der Waals surface area contributed by atoms with Gasteiger partial charge in [-0.2, -0.15) is 0 Å². The summed E-state index contributed by atoms with van der Waals surface area (Å²) in [5.41, 5.74) is 1.40. The molecule has 0 saturated carbocycles. The molecule has 1 saturated heterocycles. The molecule has 1 unspecified atom stereocenters. The van der Waals surface area contributed by atoms with Crippen LogP contribution in [0, 0.1) is 5.92 Å². The van der Waals surface area contributed by atoms with Gasteiger partial charge in [-0.15, -0.1) is 0 Å². The van der Waals surface area contributed by atoms with Crippen LogP contribution < -0.4 is 4.90 Å².